The van der Waals surface area contributed by atoms with Gasteiger partial charge in [0.2, 0.25) is 0 Å². The molecule has 0 aliphatic heterocycles. The summed E-state index contributed by atoms with van der Waals surface area (Å²) in [6, 6.07) is 20.2. The number of halogens is 2. The number of aromatic hydroxyl groups is 1. The summed E-state index contributed by atoms with van der Waals surface area (Å²) in [5.74, 6) is 1.13. The van der Waals surface area contributed by atoms with Gasteiger partial charge in [0.15, 0.2) is 0 Å². The molecule has 4 aromatic carbocycles. The van der Waals surface area contributed by atoms with Gasteiger partial charge in [0.1, 0.15) is 11.5 Å². The maximum Gasteiger partial charge on any atom is 0.133 e. The molecular weight excluding hydrogens is 512 g/mol. The second kappa shape index (κ2) is 8.99. The van der Waals surface area contributed by atoms with Crippen molar-refractivity contribution in [1.29, 1.82) is 0 Å². The Morgan fingerprint density at radius 2 is 1.45 bits per heavy atom. The Morgan fingerprint density at radius 3 is 2.10 bits per heavy atom. The van der Waals surface area contributed by atoms with Gasteiger partial charge in [0.05, 0.1) is 16.4 Å². The van der Waals surface area contributed by atoms with Crippen LogP contribution in [-0.2, 0) is 0 Å². The first-order chi connectivity index (χ1) is 14.1. The SMILES string of the molecule is CCCCOc1ccc2cc(Br)ccc2c1Sc1c(O)ccc2cc(Br)ccc12. The van der Waals surface area contributed by atoms with Crippen LogP contribution in [0.2, 0.25) is 0 Å². The van der Waals surface area contributed by atoms with Gasteiger partial charge in [-0.15, -0.1) is 0 Å². The number of hydrogen-bond donors (Lipinski definition) is 1. The maximum atomic E-state index is 10.7. The Bertz CT molecular complexity index is 1190. The van der Waals surface area contributed by atoms with Crippen molar-refractivity contribution in [2.45, 2.75) is 29.6 Å². The standard InChI is InChI=1S/C24H20Br2O2S/c1-2-3-12-28-22-11-5-16-14-18(26)7-9-20(16)24(22)29-23-19-8-6-17(25)13-15(19)4-10-21(23)27/h4-11,13-14,27H,2-3,12H2,1H3. The second-order valence-electron chi connectivity index (χ2n) is 6.84. The van der Waals surface area contributed by atoms with Crippen LogP contribution < -0.4 is 4.74 Å². The molecule has 0 bridgehead atoms. The summed E-state index contributed by atoms with van der Waals surface area (Å²) < 4.78 is 8.20. The van der Waals surface area contributed by atoms with Crippen LogP contribution >= 0.6 is 43.6 Å². The minimum atomic E-state index is 0.276. The fourth-order valence-corrected chi connectivity index (χ4v) is 5.22. The lowest BCUT2D eigenvalue weighted by atomic mass is 10.1. The molecule has 0 spiro atoms. The number of unbranched alkanes of at least 4 members (excludes halogenated alkanes) is 1. The van der Waals surface area contributed by atoms with Crippen LogP contribution in [-0.4, -0.2) is 11.7 Å². The van der Waals surface area contributed by atoms with Gasteiger partial charge in [0.25, 0.3) is 0 Å². The summed E-state index contributed by atoms with van der Waals surface area (Å²) in [6.07, 6.45) is 2.10. The average molecular weight is 532 g/mol. The molecule has 4 aromatic rings. The number of ether oxygens (including phenoxy) is 1. The lowest BCUT2D eigenvalue weighted by molar-refractivity contribution is 0.303. The molecule has 0 saturated heterocycles. The fourth-order valence-electron chi connectivity index (χ4n) is 3.27. The number of rotatable bonds is 6. The molecule has 2 nitrogen and oxygen atoms in total. The van der Waals surface area contributed by atoms with E-state index in [4.69, 9.17) is 4.74 Å². The van der Waals surface area contributed by atoms with Gasteiger partial charge in [0, 0.05) is 8.95 Å². The quantitative estimate of drug-likeness (QED) is 0.253. The molecule has 0 aliphatic carbocycles. The molecule has 0 heterocycles. The minimum absolute atomic E-state index is 0.276. The molecule has 1 N–H and O–H groups in total. The Labute approximate surface area is 191 Å². The molecule has 5 heteroatoms. The average Bonchev–Trinajstić information content (AvgIpc) is 2.71. The highest BCUT2D eigenvalue weighted by Crippen LogP contribution is 2.46. The molecule has 0 amide bonds. The number of hydrogen-bond acceptors (Lipinski definition) is 3. The smallest absolute Gasteiger partial charge is 0.133 e. The molecule has 0 aliphatic rings. The van der Waals surface area contributed by atoms with E-state index in [2.05, 4.69) is 63.0 Å². The van der Waals surface area contributed by atoms with Crippen molar-refractivity contribution in [3.05, 3.63) is 69.6 Å². The molecule has 148 valence electrons. The van der Waals surface area contributed by atoms with Crippen molar-refractivity contribution in [2.24, 2.45) is 0 Å². The fraction of sp³-hybridized carbons (Fsp3) is 0.167. The molecule has 0 aromatic heterocycles. The zero-order valence-corrected chi connectivity index (χ0v) is 19.9. The van der Waals surface area contributed by atoms with Crippen LogP contribution in [0, 0.1) is 0 Å². The molecule has 0 atom stereocenters. The van der Waals surface area contributed by atoms with Crippen molar-refractivity contribution in [1.82, 2.24) is 0 Å². The first-order valence-electron chi connectivity index (χ1n) is 9.51. The van der Waals surface area contributed by atoms with Gasteiger partial charge in [-0.25, -0.2) is 0 Å². The Balaban J connectivity index is 1.87. The third-order valence-electron chi connectivity index (χ3n) is 4.77. The lowest BCUT2D eigenvalue weighted by Gasteiger charge is -2.16. The summed E-state index contributed by atoms with van der Waals surface area (Å²) in [7, 11) is 0. The Morgan fingerprint density at radius 1 is 0.828 bits per heavy atom. The van der Waals surface area contributed by atoms with E-state index >= 15 is 0 Å². The van der Waals surface area contributed by atoms with Crippen molar-refractivity contribution in [3.8, 4) is 11.5 Å². The predicted molar refractivity (Wildman–Crippen MR) is 129 cm³/mol. The largest absolute Gasteiger partial charge is 0.507 e. The summed E-state index contributed by atoms with van der Waals surface area (Å²) >= 11 is 8.66. The molecule has 0 unspecified atom stereocenters. The first-order valence-corrected chi connectivity index (χ1v) is 11.9. The predicted octanol–water partition coefficient (Wildman–Crippen LogP) is 8.55. The van der Waals surface area contributed by atoms with E-state index in [-0.39, 0.29) is 5.75 Å². The Hall–Kier alpha value is -1.69. The second-order valence-corrected chi connectivity index (χ2v) is 9.69. The third-order valence-corrected chi connectivity index (χ3v) is 7.01. The highest BCUT2D eigenvalue weighted by Gasteiger charge is 2.16. The summed E-state index contributed by atoms with van der Waals surface area (Å²) in [4.78, 5) is 1.86. The van der Waals surface area contributed by atoms with Gasteiger partial charge in [-0.05, 0) is 64.4 Å². The first kappa shape index (κ1) is 20.6. The number of phenols is 1. The molecular formula is C24H20Br2O2S. The van der Waals surface area contributed by atoms with Crippen LogP contribution in [0.1, 0.15) is 19.8 Å². The van der Waals surface area contributed by atoms with E-state index in [1.165, 1.54) is 0 Å². The van der Waals surface area contributed by atoms with Gasteiger partial charge < -0.3 is 9.84 Å². The third kappa shape index (κ3) is 4.42. The lowest BCUT2D eigenvalue weighted by Crippen LogP contribution is -1.98. The zero-order chi connectivity index (χ0) is 20.4. The highest BCUT2D eigenvalue weighted by molar-refractivity contribution is 9.10. The van der Waals surface area contributed by atoms with Crippen LogP contribution in [0.5, 0.6) is 11.5 Å². The van der Waals surface area contributed by atoms with Gasteiger partial charge in [-0.2, -0.15) is 0 Å². The van der Waals surface area contributed by atoms with E-state index in [0.29, 0.717) is 6.61 Å². The van der Waals surface area contributed by atoms with E-state index in [0.717, 1.165) is 58.9 Å². The molecule has 0 radical (unpaired) electrons. The topological polar surface area (TPSA) is 29.5 Å². The van der Waals surface area contributed by atoms with Crippen molar-refractivity contribution < 1.29 is 9.84 Å². The summed E-state index contributed by atoms with van der Waals surface area (Å²) in [5.41, 5.74) is 0. The normalized spacial score (nSPS) is 11.3. The number of benzene rings is 4. The van der Waals surface area contributed by atoms with Gasteiger partial charge in [-0.1, -0.05) is 81.2 Å². The number of fused-ring (bicyclic) bond motifs is 2. The zero-order valence-electron chi connectivity index (χ0n) is 15.9. The van der Waals surface area contributed by atoms with Gasteiger partial charge >= 0.3 is 0 Å². The van der Waals surface area contributed by atoms with E-state index in [1.54, 1.807) is 17.8 Å². The van der Waals surface area contributed by atoms with Crippen molar-refractivity contribution in [2.75, 3.05) is 6.61 Å². The van der Waals surface area contributed by atoms with E-state index in [9.17, 15) is 5.11 Å². The summed E-state index contributed by atoms with van der Waals surface area (Å²) in [6.45, 7) is 2.84. The molecule has 0 fully saturated rings. The molecule has 29 heavy (non-hydrogen) atoms. The van der Waals surface area contributed by atoms with Crippen LogP contribution in [0.4, 0.5) is 0 Å². The summed E-state index contributed by atoms with van der Waals surface area (Å²) in [5, 5.41) is 15.0. The van der Waals surface area contributed by atoms with Crippen molar-refractivity contribution >= 4 is 65.2 Å². The van der Waals surface area contributed by atoms with Crippen molar-refractivity contribution in [3.63, 3.8) is 0 Å². The Kier molecular flexibility index (Phi) is 6.38. The van der Waals surface area contributed by atoms with E-state index in [1.807, 2.05) is 30.3 Å². The molecule has 0 saturated carbocycles. The minimum Gasteiger partial charge on any atom is -0.507 e. The van der Waals surface area contributed by atoms with Crippen LogP contribution in [0.15, 0.2) is 79.4 Å². The number of phenolic OH excluding ortho intramolecular Hbond substituents is 1. The van der Waals surface area contributed by atoms with Crippen LogP contribution in [0.3, 0.4) is 0 Å². The van der Waals surface area contributed by atoms with E-state index < -0.39 is 0 Å². The molecule has 4 rings (SSSR count). The monoisotopic (exact) mass is 530 g/mol. The van der Waals surface area contributed by atoms with Gasteiger partial charge in [-0.3, -0.25) is 0 Å². The van der Waals surface area contributed by atoms with Crippen LogP contribution in [0.25, 0.3) is 21.5 Å². The highest BCUT2D eigenvalue weighted by atomic mass is 79.9. The maximum absolute atomic E-state index is 10.7.